The van der Waals surface area contributed by atoms with Crippen LogP contribution in [-0.2, 0) is 6.54 Å². The van der Waals surface area contributed by atoms with Gasteiger partial charge in [0.1, 0.15) is 11.9 Å². The fraction of sp³-hybridized carbons (Fsp3) is 0.200. The Morgan fingerprint density at radius 2 is 1.71 bits per heavy atom. The van der Waals surface area contributed by atoms with E-state index in [1.165, 1.54) is 12.4 Å². The smallest absolute Gasteiger partial charge is 0.289 e. The van der Waals surface area contributed by atoms with Gasteiger partial charge >= 0.3 is 0 Å². The van der Waals surface area contributed by atoms with Crippen LogP contribution in [0.5, 0.6) is 0 Å². The Bertz CT molecular complexity index is 1590. The van der Waals surface area contributed by atoms with Crippen molar-refractivity contribution in [1.29, 1.82) is 0 Å². The molecule has 1 fully saturated rings. The van der Waals surface area contributed by atoms with E-state index < -0.39 is 0 Å². The normalized spacial score (nSPS) is 14.1. The third-order valence-electron chi connectivity index (χ3n) is 6.17. The van der Waals surface area contributed by atoms with E-state index in [1.54, 1.807) is 33.8 Å². The second-order valence-electron chi connectivity index (χ2n) is 8.35. The van der Waals surface area contributed by atoms with E-state index in [0.717, 1.165) is 5.56 Å². The van der Waals surface area contributed by atoms with Gasteiger partial charge in [0, 0.05) is 32.2 Å². The van der Waals surface area contributed by atoms with Gasteiger partial charge in [-0.3, -0.25) is 9.59 Å². The zero-order valence-electron chi connectivity index (χ0n) is 18.7. The largest absolute Gasteiger partial charge is 0.451 e. The van der Waals surface area contributed by atoms with Crippen molar-refractivity contribution >= 4 is 33.9 Å². The Morgan fingerprint density at radius 1 is 0.943 bits per heavy atom. The SMILES string of the molecule is O=C(c1cc(=O)c2ccccc2o1)N1CCN(c2ncnc3c2nnn3Cc2ccccc2)CC1. The molecule has 0 bridgehead atoms. The molecule has 0 unspecified atom stereocenters. The highest BCUT2D eigenvalue weighted by Crippen LogP contribution is 2.23. The van der Waals surface area contributed by atoms with Crippen LogP contribution in [0.4, 0.5) is 5.82 Å². The van der Waals surface area contributed by atoms with Crippen molar-refractivity contribution in [2.75, 3.05) is 31.1 Å². The molecule has 3 aromatic heterocycles. The molecule has 4 heterocycles. The number of para-hydroxylation sites is 1. The summed E-state index contributed by atoms with van der Waals surface area (Å²) in [6, 6.07) is 18.2. The van der Waals surface area contributed by atoms with Crippen molar-refractivity contribution in [2.24, 2.45) is 0 Å². The molecule has 2 aromatic carbocycles. The summed E-state index contributed by atoms with van der Waals surface area (Å²) in [5, 5.41) is 9.10. The maximum atomic E-state index is 13.1. The molecule has 0 N–H and O–H groups in total. The van der Waals surface area contributed by atoms with E-state index in [2.05, 4.69) is 25.2 Å². The minimum atomic E-state index is -0.297. The standard InChI is InChI=1S/C25H21N7O3/c33-19-14-21(35-20-9-5-4-8-18(19)20)25(34)31-12-10-30(11-13-31)23-22-24(27-16-26-23)32(29-28-22)15-17-6-2-1-3-7-17/h1-9,14,16H,10-13,15H2. The number of anilines is 1. The van der Waals surface area contributed by atoms with Crippen molar-refractivity contribution in [3.8, 4) is 0 Å². The zero-order valence-corrected chi connectivity index (χ0v) is 18.7. The van der Waals surface area contributed by atoms with Gasteiger partial charge in [0.15, 0.2) is 28.2 Å². The first-order chi connectivity index (χ1) is 17.2. The molecule has 174 valence electrons. The Labute approximate surface area is 199 Å². The first-order valence-corrected chi connectivity index (χ1v) is 11.3. The number of amides is 1. The number of hydrogen-bond acceptors (Lipinski definition) is 8. The highest BCUT2D eigenvalue weighted by molar-refractivity contribution is 5.93. The number of hydrogen-bond donors (Lipinski definition) is 0. The third kappa shape index (κ3) is 3.88. The Hall–Kier alpha value is -4.60. The lowest BCUT2D eigenvalue weighted by Gasteiger charge is -2.35. The van der Waals surface area contributed by atoms with Crippen molar-refractivity contribution in [1.82, 2.24) is 29.9 Å². The minimum absolute atomic E-state index is 0.0513. The van der Waals surface area contributed by atoms with Gasteiger partial charge in [-0.15, -0.1) is 5.10 Å². The highest BCUT2D eigenvalue weighted by Gasteiger charge is 2.27. The number of carbonyl (C=O) groups excluding carboxylic acids is 1. The summed E-state index contributed by atoms with van der Waals surface area (Å²) in [6.45, 7) is 2.59. The van der Waals surface area contributed by atoms with Crippen LogP contribution < -0.4 is 10.3 Å². The van der Waals surface area contributed by atoms with Crippen molar-refractivity contribution in [3.63, 3.8) is 0 Å². The zero-order chi connectivity index (χ0) is 23.8. The van der Waals surface area contributed by atoms with Crippen molar-refractivity contribution < 1.29 is 9.21 Å². The van der Waals surface area contributed by atoms with Crippen LogP contribution in [0.2, 0.25) is 0 Å². The molecule has 0 radical (unpaired) electrons. The predicted octanol–water partition coefficient (Wildman–Crippen LogP) is 2.34. The average Bonchev–Trinajstić information content (AvgIpc) is 3.32. The number of nitrogens with zero attached hydrogens (tertiary/aromatic N) is 7. The molecular formula is C25H21N7O3. The van der Waals surface area contributed by atoms with Gasteiger partial charge in [-0.1, -0.05) is 47.7 Å². The van der Waals surface area contributed by atoms with Gasteiger partial charge < -0.3 is 14.2 Å². The van der Waals surface area contributed by atoms with Crippen LogP contribution in [-0.4, -0.2) is 61.9 Å². The number of benzene rings is 2. The van der Waals surface area contributed by atoms with Gasteiger partial charge in [0.2, 0.25) is 0 Å². The maximum Gasteiger partial charge on any atom is 0.289 e. The second kappa shape index (κ2) is 8.64. The van der Waals surface area contributed by atoms with Crippen LogP contribution >= 0.6 is 0 Å². The number of rotatable bonds is 4. The van der Waals surface area contributed by atoms with E-state index in [-0.39, 0.29) is 17.1 Å². The van der Waals surface area contributed by atoms with Crippen molar-refractivity contribution in [2.45, 2.75) is 6.54 Å². The van der Waals surface area contributed by atoms with Crippen LogP contribution in [0.3, 0.4) is 0 Å². The Morgan fingerprint density at radius 3 is 2.54 bits per heavy atom. The van der Waals surface area contributed by atoms with Crippen LogP contribution in [0.15, 0.2) is 76.2 Å². The molecule has 1 aliphatic rings. The summed E-state index contributed by atoms with van der Waals surface area (Å²) in [5.74, 6) is 0.447. The summed E-state index contributed by atoms with van der Waals surface area (Å²) in [4.78, 5) is 38.1. The first kappa shape index (κ1) is 21.0. The fourth-order valence-corrected chi connectivity index (χ4v) is 4.36. The summed E-state index contributed by atoms with van der Waals surface area (Å²) < 4.78 is 7.49. The summed E-state index contributed by atoms with van der Waals surface area (Å²) >= 11 is 0. The molecule has 0 aliphatic carbocycles. The molecular weight excluding hydrogens is 446 g/mol. The molecule has 0 atom stereocenters. The molecule has 0 saturated carbocycles. The average molecular weight is 467 g/mol. The molecule has 1 saturated heterocycles. The van der Waals surface area contributed by atoms with Gasteiger partial charge in [-0.2, -0.15) is 0 Å². The van der Waals surface area contributed by atoms with Gasteiger partial charge in [-0.05, 0) is 17.7 Å². The predicted molar refractivity (Wildman–Crippen MR) is 129 cm³/mol. The first-order valence-electron chi connectivity index (χ1n) is 11.3. The number of carbonyl (C=O) groups is 1. The second-order valence-corrected chi connectivity index (χ2v) is 8.35. The van der Waals surface area contributed by atoms with Crippen LogP contribution in [0.25, 0.3) is 22.1 Å². The Kier molecular flexibility index (Phi) is 5.17. The quantitative estimate of drug-likeness (QED) is 0.396. The molecule has 10 heteroatoms. The van der Waals surface area contributed by atoms with Crippen LogP contribution in [0, 0.1) is 0 Å². The van der Waals surface area contributed by atoms with Crippen molar-refractivity contribution in [3.05, 3.63) is 88.5 Å². The van der Waals surface area contributed by atoms with Gasteiger partial charge in [-0.25, -0.2) is 14.6 Å². The topological polar surface area (TPSA) is 110 Å². The summed E-state index contributed by atoms with van der Waals surface area (Å²) in [7, 11) is 0. The third-order valence-corrected chi connectivity index (χ3v) is 6.17. The molecule has 1 aliphatic heterocycles. The molecule has 6 rings (SSSR count). The van der Waals surface area contributed by atoms with E-state index in [9.17, 15) is 9.59 Å². The van der Waals surface area contributed by atoms with Crippen LogP contribution in [0.1, 0.15) is 16.1 Å². The number of fused-ring (bicyclic) bond motifs is 2. The number of piperazine rings is 1. The lowest BCUT2D eigenvalue weighted by molar-refractivity contribution is 0.0715. The van der Waals surface area contributed by atoms with E-state index in [0.29, 0.717) is 60.7 Å². The molecule has 35 heavy (non-hydrogen) atoms. The fourth-order valence-electron chi connectivity index (χ4n) is 4.36. The van der Waals surface area contributed by atoms with E-state index >= 15 is 0 Å². The number of aromatic nitrogens is 5. The molecule has 5 aromatic rings. The Balaban J connectivity index is 1.20. The monoisotopic (exact) mass is 467 g/mol. The van der Waals surface area contributed by atoms with Gasteiger partial charge in [0.05, 0.1) is 11.9 Å². The van der Waals surface area contributed by atoms with E-state index in [1.807, 2.05) is 30.3 Å². The lowest BCUT2D eigenvalue weighted by Crippen LogP contribution is -2.49. The van der Waals surface area contributed by atoms with Gasteiger partial charge in [0.25, 0.3) is 5.91 Å². The summed E-state index contributed by atoms with van der Waals surface area (Å²) in [5.41, 5.74) is 2.57. The molecule has 10 nitrogen and oxygen atoms in total. The molecule has 0 spiro atoms. The highest BCUT2D eigenvalue weighted by atomic mass is 16.3. The molecule has 1 amide bonds. The minimum Gasteiger partial charge on any atom is -0.451 e. The van der Waals surface area contributed by atoms with E-state index in [4.69, 9.17) is 4.42 Å². The summed E-state index contributed by atoms with van der Waals surface area (Å²) in [6.07, 6.45) is 1.52. The lowest BCUT2D eigenvalue weighted by atomic mass is 10.2. The maximum absolute atomic E-state index is 13.1.